The molecule has 3 nitrogen and oxygen atoms in total. The van der Waals surface area contributed by atoms with Gasteiger partial charge in [-0.3, -0.25) is 4.79 Å². The molecule has 0 atom stereocenters. The number of fused-ring (bicyclic) bond motifs is 1. The molecule has 0 aliphatic heterocycles. The van der Waals surface area contributed by atoms with Crippen molar-refractivity contribution in [1.82, 2.24) is 4.98 Å². The highest BCUT2D eigenvalue weighted by Gasteiger charge is 2.05. The third-order valence-corrected chi connectivity index (χ3v) is 2.83. The first kappa shape index (κ1) is 10.2. The number of aryl methyl sites for hydroxylation is 1. The Morgan fingerprint density at radius 1 is 1.47 bits per heavy atom. The molecule has 2 rings (SSSR count). The lowest BCUT2D eigenvalue weighted by atomic mass is 10.1. The van der Waals surface area contributed by atoms with Crippen LogP contribution < -0.4 is 0 Å². The van der Waals surface area contributed by atoms with Crippen molar-refractivity contribution < 1.29 is 9.90 Å². The van der Waals surface area contributed by atoms with Crippen molar-refractivity contribution in [2.75, 3.05) is 0 Å². The smallest absolute Gasteiger partial charge is 0.303 e. The van der Waals surface area contributed by atoms with Crippen molar-refractivity contribution >= 4 is 32.8 Å². The summed E-state index contributed by atoms with van der Waals surface area (Å²) in [4.78, 5) is 13.6. The third-order valence-electron chi connectivity index (χ3n) is 2.34. The second kappa shape index (κ2) is 4.06. The van der Waals surface area contributed by atoms with Gasteiger partial charge in [0.15, 0.2) is 0 Å². The summed E-state index contributed by atoms with van der Waals surface area (Å²) in [5, 5.41) is 9.71. The molecule has 1 aromatic carbocycles. The van der Waals surface area contributed by atoms with Crippen LogP contribution in [0.25, 0.3) is 10.9 Å². The van der Waals surface area contributed by atoms with Gasteiger partial charge in [-0.15, -0.1) is 0 Å². The summed E-state index contributed by atoms with van der Waals surface area (Å²) in [7, 11) is 0. The van der Waals surface area contributed by atoms with Crippen LogP contribution in [0.15, 0.2) is 28.9 Å². The second-order valence-corrected chi connectivity index (χ2v) is 4.31. The highest BCUT2D eigenvalue weighted by molar-refractivity contribution is 9.10. The normalized spacial score (nSPS) is 10.7. The summed E-state index contributed by atoms with van der Waals surface area (Å²) in [5.74, 6) is -0.763. The maximum Gasteiger partial charge on any atom is 0.303 e. The van der Waals surface area contributed by atoms with E-state index in [0.29, 0.717) is 6.42 Å². The van der Waals surface area contributed by atoms with Gasteiger partial charge in [0.25, 0.3) is 0 Å². The Balaban J connectivity index is 2.32. The fourth-order valence-corrected chi connectivity index (χ4v) is 1.97. The van der Waals surface area contributed by atoms with Crippen LogP contribution in [-0.2, 0) is 11.2 Å². The van der Waals surface area contributed by atoms with Crippen LogP contribution in [0, 0.1) is 0 Å². The van der Waals surface area contributed by atoms with Crippen LogP contribution in [0.5, 0.6) is 0 Å². The fraction of sp³-hybridized carbons (Fsp3) is 0.182. The number of rotatable bonds is 3. The summed E-state index contributed by atoms with van der Waals surface area (Å²) >= 11 is 3.39. The Labute approximate surface area is 95.2 Å². The van der Waals surface area contributed by atoms with E-state index in [0.717, 1.165) is 20.9 Å². The maximum atomic E-state index is 10.5. The Hall–Kier alpha value is -1.29. The molecule has 2 aromatic rings. The van der Waals surface area contributed by atoms with Gasteiger partial charge in [0.1, 0.15) is 0 Å². The van der Waals surface area contributed by atoms with Crippen molar-refractivity contribution in [3.63, 3.8) is 0 Å². The molecule has 15 heavy (non-hydrogen) atoms. The molecule has 0 aliphatic rings. The SMILES string of the molecule is O=C(O)CCc1c[nH]c2cc(Br)ccc12. The molecule has 0 spiro atoms. The predicted octanol–water partition coefficient (Wildman–Crippen LogP) is 2.95. The Kier molecular flexibility index (Phi) is 2.77. The fourth-order valence-electron chi connectivity index (χ4n) is 1.61. The van der Waals surface area contributed by atoms with Crippen molar-refractivity contribution in [2.45, 2.75) is 12.8 Å². The number of aromatic amines is 1. The number of hydrogen-bond donors (Lipinski definition) is 2. The zero-order chi connectivity index (χ0) is 10.8. The third kappa shape index (κ3) is 2.21. The summed E-state index contributed by atoms with van der Waals surface area (Å²) in [6, 6.07) is 5.94. The van der Waals surface area contributed by atoms with E-state index in [1.807, 2.05) is 24.4 Å². The van der Waals surface area contributed by atoms with Gasteiger partial charge in [-0.25, -0.2) is 0 Å². The van der Waals surface area contributed by atoms with Gasteiger partial charge in [-0.2, -0.15) is 0 Å². The molecule has 0 radical (unpaired) electrons. The average molecular weight is 268 g/mol. The van der Waals surface area contributed by atoms with E-state index in [2.05, 4.69) is 20.9 Å². The second-order valence-electron chi connectivity index (χ2n) is 3.40. The Morgan fingerprint density at radius 2 is 2.27 bits per heavy atom. The van der Waals surface area contributed by atoms with Gasteiger partial charge >= 0.3 is 5.97 Å². The van der Waals surface area contributed by atoms with Gasteiger partial charge < -0.3 is 10.1 Å². The Bertz CT molecular complexity index is 504. The number of carboxylic acid groups (broad SMARTS) is 1. The summed E-state index contributed by atoms with van der Waals surface area (Å²) < 4.78 is 1.02. The summed E-state index contributed by atoms with van der Waals surface area (Å²) in [6.07, 6.45) is 2.61. The molecule has 0 amide bonds. The van der Waals surface area contributed by atoms with Gasteiger partial charge in [-0.05, 0) is 24.1 Å². The minimum Gasteiger partial charge on any atom is -0.481 e. The molecule has 1 aromatic heterocycles. The van der Waals surface area contributed by atoms with E-state index in [1.165, 1.54) is 0 Å². The molecule has 0 saturated carbocycles. The predicted molar refractivity (Wildman–Crippen MR) is 62.0 cm³/mol. The van der Waals surface area contributed by atoms with Gasteiger partial charge in [0.05, 0.1) is 0 Å². The molecule has 78 valence electrons. The van der Waals surface area contributed by atoms with E-state index >= 15 is 0 Å². The van der Waals surface area contributed by atoms with Crippen molar-refractivity contribution in [3.8, 4) is 0 Å². The van der Waals surface area contributed by atoms with Crippen molar-refractivity contribution in [1.29, 1.82) is 0 Å². The van der Waals surface area contributed by atoms with Gasteiger partial charge in [0, 0.05) is 28.0 Å². The Morgan fingerprint density at radius 3 is 3.00 bits per heavy atom. The lowest BCUT2D eigenvalue weighted by molar-refractivity contribution is -0.136. The standard InChI is InChI=1S/C11H10BrNO2/c12-8-2-3-9-7(1-4-11(14)15)6-13-10(9)5-8/h2-3,5-6,13H,1,4H2,(H,14,15). The number of aromatic nitrogens is 1. The first-order valence-corrected chi connectivity index (χ1v) is 5.43. The van der Waals surface area contributed by atoms with Crippen LogP contribution >= 0.6 is 15.9 Å². The van der Waals surface area contributed by atoms with Crippen LogP contribution in [0.3, 0.4) is 0 Å². The molecule has 0 fully saturated rings. The first-order valence-electron chi connectivity index (χ1n) is 4.64. The number of carboxylic acids is 1. The number of benzene rings is 1. The zero-order valence-electron chi connectivity index (χ0n) is 7.96. The molecule has 0 unspecified atom stereocenters. The minimum atomic E-state index is -0.763. The highest BCUT2D eigenvalue weighted by atomic mass is 79.9. The number of halogens is 1. The highest BCUT2D eigenvalue weighted by Crippen LogP contribution is 2.23. The molecule has 4 heteroatoms. The van der Waals surface area contributed by atoms with Crippen LogP contribution in [0.2, 0.25) is 0 Å². The van der Waals surface area contributed by atoms with Gasteiger partial charge in [0.2, 0.25) is 0 Å². The monoisotopic (exact) mass is 267 g/mol. The van der Waals surface area contributed by atoms with Gasteiger partial charge in [-0.1, -0.05) is 22.0 Å². The van der Waals surface area contributed by atoms with Crippen LogP contribution in [0.4, 0.5) is 0 Å². The minimum absolute atomic E-state index is 0.170. The van der Waals surface area contributed by atoms with E-state index in [4.69, 9.17) is 5.11 Å². The topological polar surface area (TPSA) is 53.1 Å². The molecule has 0 saturated heterocycles. The molecule has 0 bridgehead atoms. The van der Waals surface area contributed by atoms with E-state index in [-0.39, 0.29) is 6.42 Å². The van der Waals surface area contributed by atoms with E-state index in [9.17, 15) is 4.79 Å². The quantitative estimate of drug-likeness (QED) is 0.899. The number of nitrogens with one attached hydrogen (secondary N) is 1. The van der Waals surface area contributed by atoms with Crippen molar-refractivity contribution in [2.24, 2.45) is 0 Å². The number of H-pyrrole nitrogens is 1. The molecule has 1 heterocycles. The van der Waals surface area contributed by atoms with Crippen molar-refractivity contribution in [3.05, 3.63) is 34.4 Å². The van der Waals surface area contributed by atoms with Crippen LogP contribution in [0.1, 0.15) is 12.0 Å². The summed E-state index contributed by atoms with van der Waals surface area (Å²) in [6.45, 7) is 0. The number of hydrogen-bond acceptors (Lipinski definition) is 1. The maximum absolute atomic E-state index is 10.5. The number of carbonyl (C=O) groups is 1. The molecular weight excluding hydrogens is 258 g/mol. The molecular formula is C11H10BrNO2. The molecule has 2 N–H and O–H groups in total. The summed E-state index contributed by atoms with van der Waals surface area (Å²) in [5.41, 5.74) is 2.09. The first-order chi connectivity index (χ1) is 7.16. The molecule has 0 aliphatic carbocycles. The lowest BCUT2D eigenvalue weighted by Crippen LogP contribution is -1.96. The lowest BCUT2D eigenvalue weighted by Gasteiger charge is -1.96. The van der Waals surface area contributed by atoms with E-state index < -0.39 is 5.97 Å². The van der Waals surface area contributed by atoms with Crippen LogP contribution in [-0.4, -0.2) is 16.1 Å². The van der Waals surface area contributed by atoms with E-state index in [1.54, 1.807) is 0 Å². The average Bonchev–Trinajstić information content (AvgIpc) is 2.57. The largest absolute Gasteiger partial charge is 0.481 e. The number of aliphatic carboxylic acids is 1. The zero-order valence-corrected chi connectivity index (χ0v) is 9.54.